The average molecular weight is 330 g/mol. The van der Waals surface area contributed by atoms with Crippen LogP contribution < -0.4 is 5.73 Å². The maximum atomic E-state index is 12.7. The highest BCUT2D eigenvalue weighted by molar-refractivity contribution is 9.10. The van der Waals surface area contributed by atoms with Crippen LogP contribution in [0.2, 0.25) is 0 Å². The number of benzene rings is 1. The van der Waals surface area contributed by atoms with Crippen molar-refractivity contribution >= 4 is 31.5 Å². The first-order valence-corrected chi connectivity index (χ1v) is 8.61. The molecule has 3 nitrogen and oxygen atoms in total. The molecule has 0 heterocycles. The largest absolute Gasteiger partial charge is 0.398 e. The highest BCUT2D eigenvalue weighted by atomic mass is 79.9. The molecule has 3 unspecified atom stereocenters. The minimum absolute atomic E-state index is 0.209. The van der Waals surface area contributed by atoms with Crippen LogP contribution in [0.1, 0.15) is 25.7 Å². The Morgan fingerprint density at radius 3 is 2.56 bits per heavy atom. The normalized spacial score (nSPS) is 30.8. The summed E-state index contributed by atoms with van der Waals surface area (Å²) in [4.78, 5) is 0.309. The summed E-state index contributed by atoms with van der Waals surface area (Å²) < 4.78 is 26.1. The third-order valence-electron chi connectivity index (χ3n) is 4.35. The zero-order valence-electron chi connectivity index (χ0n) is 9.97. The van der Waals surface area contributed by atoms with Crippen molar-refractivity contribution in [1.29, 1.82) is 0 Å². The van der Waals surface area contributed by atoms with Crippen LogP contribution >= 0.6 is 15.9 Å². The zero-order valence-corrected chi connectivity index (χ0v) is 12.4. The van der Waals surface area contributed by atoms with E-state index in [1.54, 1.807) is 18.2 Å². The van der Waals surface area contributed by atoms with Crippen LogP contribution in [0.15, 0.2) is 27.6 Å². The summed E-state index contributed by atoms with van der Waals surface area (Å²) in [5.74, 6) is 0.967. The van der Waals surface area contributed by atoms with Gasteiger partial charge in [0.05, 0.1) is 15.8 Å². The number of nitrogen functional groups attached to an aromatic ring is 1. The highest BCUT2D eigenvalue weighted by Gasteiger charge is 2.46. The lowest BCUT2D eigenvalue weighted by Crippen LogP contribution is -2.27. The molecule has 3 atom stereocenters. The minimum atomic E-state index is -3.26. The molecule has 2 saturated carbocycles. The number of hydrogen-bond acceptors (Lipinski definition) is 3. The third-order valence-corrected chi connectivity index (χ3v) is 7.20. The number of halogens is 1. The van der Waals surface area contributed by atoms with Crippen LogP contribution in [0.4, 0.5) is 5.69 Å². The van der Waals surface area contributed by atoms with Gasteiger partial charge in [-0.3, -0.25) is 0 Å². The van der Waals surface area contributed by atoms with Gasteiger partial charge in [-0.1, -0.05) is 22.4 Å². The maximum Gasteiger partial charge on any atom is 0.183 e. The number of nitrogens with two attached hydrogens (primary N) is 1. The first kappa shape index (κ1) is 12.5. The Balaban J connectivity index is 2.00. The molecule has 1 aromatic carbocycles. The molecule has 2 aliphatic carbocycles. The quantitative estimate of drug-likeness (QED) is 0.848. The van der Waals surface area contributed by atoms with Gasteiger partial charge in [0.15, 0.2) is 9.84 Å². The van der Waals surface area contributed by atoms with Gasteiger partial charge in [0, 0.05) is 4.47 Å². The van der Waals surface area contributed by atoms with Crippen molar-refractivity contribution in [2.75, 3.05) is 5.73 Å². The van der Waals surface area contributed by atoms with Crippen molar-refractivity contribution in [3.05, 3.63) is 22.7 Å². The lowest BCUT2D eigenvalue weighted by atomic mass is 10.0. The fourth-order valence-electron chi connectivity index (χ4n) is 3.51. The number of anilines is 1. The molecule has 98 valence electrons. The zero-order chi connectivity index (χ0) is 12.9. The summed E-state index contributed by atoms with van der Waals surface area (Å²) in [7, 11) is -3.26. The van der Waals surface area contributed by atoms with Crippen LogP contribution in [0.25, 0.3) is 0 Å². The van der Waals surface area contributed by atoms with E-state index >= 15 is 0 Å². The second-order valence-corrected chi connectivity index (χ2v) is 8.49. The van der Waals surface area contributed by atoms with Crippen LogP contribution in [0, 0.1) is 11.8 Å². The van der Waals surface area contributed by atoms with E-state index in [-0.39, 0.29) is 5.25 Å². The number of hydrogen-bond donors (Lipinski definition) is 1. The molecule has 2 N–H and O–H groups in total. The van der Waals surface area contributed by atoms with Gasteiger partial charge in [0.1, 0.15) is 0 Å². The van der Waals surface area contributed by atoms with Crippen LogP contribution in [-0.4, -0.2) is 13.7 Å². The van der Waals surface area contributed by atoms with E-state index in [1.807, 2.05) is 0 Å². The van der Waals surface area contributed by atoms with Crippen LogP contribution in [-0.2, 0) is 9.84 Å². The Bertz CT molecular complexity index is 585. The molecule has 1 aromatic rings. The topological polar surface area (TPSA) is 60.2 Å². The number of rotatable bonds is 2. The first-order valence-electron chi connectivity index (χ1n) is 6.27. The summed E-state index contributed by atoms with van der Waals surface area (Å²) in [6.07, 6.45) is 4.17. The summed E-state index contributed by atoms with van der Waals surface area (Å²) >= 11 is 3.30. The van der Waals surface area contributed by atoms with Gasteiger partial charge < -0.3 is 5.73 Å². The Labute approximate surface area is 116 Å². The van der Waals surface area contributed by atoms with E-state index in [9.17, 15) is 8.42 Å². The molecular weight excluding hydrogens is 314 g/mol. The Morgan fingerprint density at radius 2 is 2.00 bits per heavy atom. The molecule has 0 aromatic heterocycles. The van der Waals surface area contributed by atoms with Crippen molar-refractivity contribution < 1.29 is 8.42 Å². The summed E-state index contributed by atoms with van der Waals surface area (Å²) in [5.41, 5.74) is 6.22. The fraction of sp³-hybridized carbons (Fsp3) is 0.538. The third kappa shape index (κ3) is 1.88. The Hall–Kier alpha value is -0.550. The molecule has 2 fully saturated rings. The van der Waals surface area contributed by atoms with E-state index in [1.165, 1.54) is 6.42 Å². The van der Waals surface area contributed by atoms with Crippen molar-refractivity contribution in [3.63, 3.8) is 0 Å². The standard InChI is InChI=1S/C13H16BrNO2S/c14-10-3-4-12(11(15)7-10)18(16,17)13-6-8-1-2-9(13)5-8/h3-4,7-9,13H,1-2,5-6,15H2. The molecule has 0 radical (unpaired) electrons. The van der Waals surface area contributed by atoms with Crippen molar-refractivity contribution in [1.82, 2.24) is 0 Å². The van der Waals surface area contributed by atoms with Gasteiger partial charge in [-0.25, -0.2) is 8.42 Å². The van der Waals surface area contributed by atoms with Gasteiger partial charge in [0.25, 0.3) is 0 Å². The Morgan fingerprint density at radius 1 is 1.22 bits per heavy atom. The van der Waals surface area contributed by atoms with Gasteiger partial charge in [-0.15, -0.1) is 0 Å². The molecule has 18 heavy (non-hydrogen) atoms. The minimum Gasteiger partial charge on any atom is -0.398 e. The summed E-state index contributed by atoms with van der Waals surface area (Å²) in [6, 6.07) is 5.04. The van der Waals surface area contributed by atoms with Crippen LogP contribution in [0.5, 0.6) is 0 Å². The SMILES string of the molecule is Nc1cc(Br)ccc1S(=O)(=O)C1CC2CCC1C2. The van der Waals surface area contributed by atoms with Gasteiger partial charge in [0.2, 0.25) is 0 Å². The van der Waals surface area contributed by atoms with E-state index in [2.05, 4.69) is 15.9 Å². The van der Waals surface area contributed by atoms with E-state index in [0.717, 1.165) is 23.7 Å². The van der Waals surface area contributed by atoms with Crippen molar-refractivity contribution in [2.24, 2.45) is 11.8 Å². The predicted molar refractivity (Wildman–Crippen MR) is 75.0 cm³/mol. The van der Waals surface area contributed by atoms with Crippen LogP contribution in [0.3, 0.4) is 0 Å². The summed E-state index contributed by atoms with van der Waals surface area (Å²) in [5, 5.41) is -0.209. The molecule has 2 bridgehead atoms. The van der Waals surface area contributed by atoms with Gasteiger partial charge >= 0.3 is 0 Å². The van der Waals surface area contributed by atoms with E-state index in [4.69, 9.17) is 5.73 Å². The van der Waals surface area contributed by atoms with E-state index in [0.29, 0.717) is 22.4 Å². The smallest absolute Gasteiger partial charge is 0.183 e. The lowest BCUT2D eigenvalue weighted by Gasteiger charge is -2.22. The predicted octanol–water partition coefficient (Wildman–Crippen LogP) is 2.99. The van der Waals surface area contributed by atoms with E-state index < -0.39 is 9.84 Å². The molecule has 0 spiro atoms. The molecule has 5 heteroatoms. The average Bonchev–Trinajstić information content (AvgIpc) is 2.90. The second-order valence-electron chi connectivity index (χ2n) is 5.44. The Kier molecular flexibility index (Phi) is 2.94. The molecule has 2 aliphatic rings. The second kappa shape index (κ2) is 4.23. The number of sulfone groups is 1. The molecule has 0 saturated heterocycles. The molecular formula is C13H16BrNO2S. The molecule has 0 aliphatic heterocycles. The molecule has 3 rings (SSSR count). The lowest BCUT2D eigenvalue weighted by molar-refractivity contribution is 0.465. The van der Waals surface area contributed by atoms with Gasteiger partial charge in [-0.2, -0.15) is 0 Å². The number of fused-ring (bicyclic) bond motifs is 2. The van der Waals surface area contributed by atoms with Crippen molar-refractivity contribution in [3.8, 4) is 0 Å². The molecule has 0 amide bonds. The highest BCUT2D eigenvalue weighted by Crippen LogP contribution is 2.49. The summed E-state index contributed by atoms with van der Waals surface area (Å²) in [6.45, 7) is 0. The fourth-order valence-corrected chi connectivity index (χ4v) is 6.14. The monoisotopic (exact) mass is 329 g/mol. The van der Waals surface area contributed by atoms with Gasteiger partial charge in [-0.05, 0) is 49.3 Å². The first-order chi connectivity index (χ1) is 8.48. The van der Waals surface area contributed by atoms with Crippen molar-refractivity contribution in [2.45, 2.75) is 35.8 Å². The maximum absolute atomic E-state index is 12.7.